The van der Waals surface area contributed by atoms with E-state index < -0.39 is 11.5 Å². The number of hydrogen-bond donors (Lipinski definition) is 2. The molecular formula is C14H28N2O3. The van der Waals surface area contributed by atoms with Gasteiger partial charge in [0.2, 0.25) is 0 Å². The number of urea groups is 1. The highest BCUT2D eigenvalue weighted by Crippen LogP contribution is 2.12. The van der Waals surface area contributed by atoms with E-state index in [4.69, 9.17) is 5.11 Å². The highest BCUT2D eigenvalue weighted by Gasteiger charge is 2.34. The zero-order valence-electron chi connectivity index (χ0n) is 12.7. The fourth-order valence-corrected chi connectivity index (χ4v) is 1.62. The van der Waals surface area contributed by atoms with Gasteiger partial charge in [0.15, 0.2) is 0 Å². The van der Waals surface area contributed by atoms with Crippen LogP contribution in [0.1, 0.15) is 59.3 Å². The first-order chi connectivity index (χ1) is 8.84. The molecule has 19 heavy (non-hydrogen) atoms. The van der Waals surface area contributed by atoms with Crippen LogP contribution in [0.3, 0.4) is 0 Å². The molecule has 5 heteroatoms. The number of carbonyl (C=O) groups excluding carboxylic acids is 1. The van der Waals surface area contributed by atoms with Crippen LogP contribution in [0.5, 0.6) is 0 Å². The highest BCUT2D eigenvalue weighted by atomic mass is 16.4. The van der Waals surface area contributed by atoms with E-state index in [1.54, 1.807) is 0 Å². The Morgan fingerprint density at radius 1 is 1.11 bits per heavy atom. The third-order valence-electron chi connectivity index (χ3n) is 3.47. The zero-order chi connectivity index (χ0) is 14.9. The predicted octanol–water partition coefficient (Wildman–Crippen LogP) is 2.85. The summed E-state index contributed by atoms with van der Waals surface area (Å²) in [5.74, 6) is -1.01. The summed E-state index contributed by atoms with van der Waals surface area (Å²) in [4.78, 5) is 24.0. The van der Waals surface area contributed by atoms with Crippen LogP contribution in [0.2, 0.25) is 0 Å². The number of nitrogens with zero attached hydrogens (tertiary/aromatic N) is 1. The lowest BCUT2D eigenvalue weighted by Gasteiger charge is -2.31. The Balaban J connectivity index is 3.83. The number of aliphatic carboxylic acids is 1. The second-order valence-electron chi connectivity index (χ2n) is 5.42. The molecule has 0 atom stereocenters. The van der Waals surface area contributed by atoms with Crippen molar-refractivity contribution in [2.75, 3.05) is 13.6 Å². The van der Waals surface area contributed by atoms with Crippen LogP contribution in [0.15, 0.2) is 0 Å². The Morgan fingerprint density at radius 3 is 2.16 bits per heavy atom. The number of nitrogens with one attached hydrogen (secondary N) is 1. The molecule has 0 fully saturated rings. The van der Waals surface area contributed by atoms with Gasteiger partial charge in [-0.25, -0.2) is 9.59 Å². The molecule has 0 bridgehead atoms. The van der Waals surface area contributed by atoms with E-state index in [0.717, 1.165) is 12.8 Å². The van der Waals surface area contributed by atoms with Crippen molar-refractivity contribution in [2.45, 2.75) is 64.8 Å². The standard InChI is InChI=1S/C14H28N2O3/c1-5-6-7-8-9-10-11-15-13(19)16(4)14(2,3)12(17)18/h5-11H2,1-4H3,(H,15,19)(H,17,18). The van der Waals surface area contributed by atoms with Crippen molar-refractivity contribution in [1.82, 2.24) is 10.2 Å². The fraction of sp³-hybridized carbons (Fsp3) is 0.857. The van der Waals surface area contributed by atoms with Gasteiger partial charge in [-0.15, -0.1) is 0 Å². The topological polar surface area (TPSA) is 69.6 Å². The van der Waals surface area contributed by atoms with Crippen LogP contribution in [0, 0.1) is 0 Å². The van der Waals surface area contributed by atoms with E-state index in [1.807, 2.05) is 0 Å². The number of carboxylic acids is 1. The molecule has 0 heterocycles. The van der Waals surface area contributed by atoms with Crippen LogP contribution in [0.4, 0.5) is 4.79 Å². The monoisotopic (exact) mass is 272 g/mol. The summed E-state index contributed by atoms with van der Waals surface area (Å²) in [6.07, 6.45) is 6.98. The van der Waals surface area contributed by atoms with Gasteiger partial charge >= 0.3 is 12.0 Å². The Morgan fingerprint density at radius 2 is 1.63 bits per heavy atom. The maximum absolute atomic E-state index is 11.8. The summed E-state index contributed by atoms with van der Waals surface area (Å²) in [6, 6.07) is -0.332. The number of likely N-dealkylation sites (N-methyl/N-ethyl adjacent to an activating group) is 1. The summed E-state index contributed by atoms with van der Waals surface area (Å²) in [7, 11) is 1.50. The summed E-state index contributed by atoms with van der Waals surface area (Å²) < 4.78 is 0. The lowest BCUT2D eigenvalue weighted by Crippen LogP contribution is -2.54. The number of carbonyl (C=O) groups is 2. The first kappa shape index (κ1) is 17.7. The van der Waals surface area contributed by atoms with Crippen molar-refractivity contribution in [3.05, 3.63) is 0 Å². The molecule has 0 rings (SSSR count). The van der Waals surface area contributed by atoms with Crippen LogP contribution in [-0.4, -0.2) is 41.1 Å². The zero-order valence-corrected chi connectivity index (χ0v) is 12.7. The summed E-state index contributed by atoms with van der Waals surface area (Å²) in [5, 5.41) is 11.8. The molecular weight excluding hydrogens is 244 g/mol. The Labute approximate surface area is 116 Å². The van der Waals surface area contributed by atoms with Crippen molar-refractivity contribution < 1.29 is 14.7 Å². The first-order valence-corrected chi connectivity index (χ1v) is 7.09. The Bertz CT molecular complexity index is 290. The minimum absolute atomic E-state index is 0.332. The molecule has 0 aliphatic heterocycles. The van der Waals surface area contributed by atoms with Gasteiger partial charge in [-0.2, -0.15) is 0 Å². The molecule has 0 aliphatic carbocycles. The van der Waals surface area contributed by atoms with Crippen LogP contribution in [-0.2, 0) is 4.79 Å². The van der Waals surface area contributed by atoms with Gasteiger partial charge in [0.1, 0.15) is 5.54 Å². The first-order valence-electron chi connectivity index (χ1n) is 7.09. The number of amides is 2. The third kappa shape index (κ3) is 6.45. The van der Waals surface area contributed by atoms with Crippen molar-refractivity contribution >= 4 is 12.0 Å². The molecule has 0 unspecified atom stereocenters. The summed E-state index contributed by atoms with van der Waals surface area (Å²) >= 11 is 0. The minimum Gasteiger partial charge on any atom is -0.480 e. The van der Waals surface area contributed by atoms with Crippen molar-refractivity contribution in [3.63, 3.8) is 0 Å². The fourth-order valence-electron chi connectivity index (χ4n) is 1.62. The molecule has 0 spiro atoms. The lowest BCUT2D eigenvalue weighted by atomic mass is 10.1. The maximum Gasteiger partial charge on any atom is 0.329 e. The van der Waals surface area contributed by atoms with Gasteiger partial charge in [0.05, 0.1) is 0 Å². The van der Waals surface area contributed by atoms with Crippen LogP contribution in [0.25, 0.3) is 0 Å². The van der Waals surface area contributed by atoms with E-state index in [1.165, 1.54) is 51.5 Å². The molecule has 0 aromatic carbocycles. The second-order valence-corrected chi connectivity index (χ2v) is 5.42. The smallest absolute Gasteiger partial charge is 0.329 e. The summed E-state index contributed by atoms with van der Waals surface area (Å²) in [5.41, 5.74) is -1.19. The lowest BCUT2D eigenvalue weighted by molar-refractivity contribution is -0.146. The Hall–Kier alpha value is -1.26. The van der Waals surface area contributed by atoms with Crippen LogP contribution < -0.4 is 5.32 Å². The highest BCUT2D eigenvalue weighted by molar-refractivity contribution is 5.85. The molecule has 2 N–H and O–H groups in total. The van der Waals surface area contributed by atoms with Gasteiger partial charge in [-0.1, -0.05) is 39.0 Å². The number of hydrogen-bond acceptors (Lipinski definition) is 2. The Kier molecular flexibility index (Phi) is 8.19. The molecule has 112 valence electrons. The van der Waals surface area contributed by atoms with Gasteiger partial charge < -0.3 is 15.3 Å². The average molecular weight is 272 g/mol. The van der Waals surface area contributed by atoms with Crippen LogP contribution >= 0.6 is 0 Å². The third-order valence-corrected chi connectivity index (χ3v) is 3.47. The number of carboxylic acid groups (broad SMARTS) is 1. The van der Waals surface area contributed by atoms with Gasteiger partial charge in [0.25, 0.3) is 0 Å². The molecule has 0 aromatic rings. The molecule has 0 radical (unpaired) electrons. The second kappa shape index (κ2) is 8.77. The van der Waals surface area contributed by atoms with E-state index in [9.17, 15) is 9.59 Å². The summed E-state index contributed by atoms with van der Waals surface area (Å²) in [6.45, 7) is 5.81. The quantitative estimate of drug-likeness (QED) is 0.634. The molecule has 5 nitrogen and oxygen atoms in total. The largest absolute Gasteiger partial charge is 0.480 e. The van der Waals surface area contributed by atoms with Crippen molar-refractivity contribution in [1.29, 1.82) is 0 Å². The van der Waals surface area contributed by atoms with E-state index in [-0.39, 0.29) is 6.03 Å². The predicted molar refractivity (Wildman–Crippen MR) is 76.3 cm³/mol. The van der Waals surface area contributed by atoms with E-state index >= 15 is 0 Å². The van der Waals surface area contributed by atoms with E-state index in [0.29, 0.717) is 6.54 Å². The van der Waals surface area contributed by atoms with Gasteiger partial charge in [-0.05, 0) is 20.3 Å². The average Bonchev–Trinajstić information content (AvgIpc) is 2.36. The van der Waals surface area contributed by atoms with Gasteiger partial charge in [-0.3, -0.25) is 0 Å². The van der Waals surface area contributed by atoms with E-state index in [2.05, 4.69) is 12.2 Å². The minimum atomic E-state index is -1.19. The maximum atomic E-state index is 11.8. The molecule has 0 saturated carbocycles. The van der Waals surface area contributed by atoms with Crippen molar-refractivity contribution in [2.24, 2.45) is 0 Å². The molecule has 0 aromatic heterocycles. The number of rotatable bonds is 9. The number of unbranched alkanes of at least 4 members (excludes halogenated alkanes) is 5. The van der Waals surface area contributed by atoms with Gasteiger partial charge in [0, 0.05) is 13.6 Å². The SMILES string of the molecule is CCCCCCCCNC(=O)N(C)C(C)(C)C(=O)O. The molecule has 0 aliphatic rings. The molecule has 2 amide bonds. The normalized spacial score (nSPS) is 11.2. The molecule has 0 saturated heterocycles. The van der Waals surface area contributed by atoms with Crippen molar-refractivity contribution in [3.8, 4) is 0 Å².